The van der Waals surface area contributed by atoms with Gasteiger partial charge in [0.2, 0.25) is 0 Å². The summed E-state index contributed by atoms with van der Waals surface area (Å²) in [4.78, 5) is 0. The molecule has 0 amide bonds. The fourth-order valence-corrected chi connectivity index (χ4v) is 2.63. The van der Waals surface area contributed by atoms with Crippen molar-refractivity contribution in [2.75, 3.05) is 7.05 Å². The first-order valence-electron chi connectivity index (χ1n) is 5.72. The second-order valence-electron chi connectivity index (χ2n) is 4.64. The fourth-order valence-electron chi connectivity index (χ4n) is 2.63. The van der Waals surface area contributed by atoms with E-state index in [2.05, 4.69) is 5.32 Å². The van der Waals surface area contributed by atoms with Gasteiger partial charge in [-0.15, -0.1) is 0 Å². The van der Waals surface area contributed by atoms with Crippen molar-refractivity contribution in [3.05, 3.63) is 34.4 Å². The molecule has 0 bridgehead atoms. The molecular formula is C13H17F2N. The predicted octanol–water partition coefficient (Wildman–Crippen LogP) is 3.43. The maximum Gasteiger partial charge on any atom is 0.131 e. The van der Waals surface area contributed by atoms with E-state index in [4.69, 9.17) is 0 Å². The molecule has 0 saturated carbocycles. The van der Waals surface area contributed by atoms with Crippen LogP contribution >= 0.6 is 0 Å². The third kappa shape index (κ3) is 1.63. The molecule has 1 aromatic carbocycles. The number of hydrogen-bond donors (Lipinski definition) is 1. The van der Waals surface area contributed by atoms with Crippen LogP contribution in [0.15, 0.2) is 6.07 Å². The lowest BCUT2D eigenvalue weighted by molar-refractivity contribution is 0.417. The molecule has 1 N–H and O–H groups in total. The van der Waals surface area contributed by atoms with Crippen molar-refractivity contribution in [2.45, 2.75) is 38.6 Å². The second kappa shape index (κ2) is 4.13. The highest BCUT2D eigenvalue weighted by molar-refractivity contribution is 5.40. The molecule has 2 atom stereocenters. The van der Waals surface area contributed by atoms with Crippen LogP contribution in [0.1, 0.15) is 48.4 Å². The largest absolute Gasteiger partial charge is 0.313 e. The minimum Gasteiger partial charge on any atom is -0.313 e. The first-order valence-corrected chi connectivity index (χ1v) is 5.72. The summed E-state index contributed by atoms with van der Waals surface area (Å²) in [7, 11) is 1.80. The van der Waals surface area contributed by atoms with Crippen LogP contribution in [0, 0.1) is 18.6 Å². The molecule has 3 heteroatoms. The van der Waals surface area contributed by atoms with E-state index in [1.807, 2.05) is 6.92 Å². The molecule has 0 aromatic heterocycles. The van der Waals surface area contributed by atoms with Gasteiger partial charge in [-0.25, -0.2) is 8.78 Å². The highest BCUT2D eigenvalue weighted by atomic mass is 19.1. The van der Waals surface area contributed by atoms with Crippen LogP contribution < -0.4 is 5.32 Å². The lowest BCUT2D eigenvalue weighted by Gasteiger charge is -2.30. The lowest BCUT2D eigenvalue weighted by Crippen LogP contribution is -2.25. The normalized spacial score (nSPS) is 24.3. The summed E-state index contributed by atoms with van der Waals surface area (Å²) in [6, 6.07) is 1.25. The molecule has 88 valence electrons. The van der Waals surface area contributed by atoms with E-state index in [1.54, 1.807) is 14.0 Å². The molecule has 0 fully saturated rings. The topological polar surface area (TPSA) is 12.0 Å². The summed E-state index contributed by atoms with van der Waals surface area (Å²) >= 11 is 0. The average molecular weight is 225 g/mol. The molecule has 1 aliphatic carbocycles. The van der Waals surface area contributed by atoms with Gasteiger partial charge in [0.25, 0.3) is 0 Å². The van der Waals surface area contributed by atoms with Gasteiger partial charge in [0.15, 0.2) is 0 Å². The molecule has 0 radical (unpaired) electrons. The quantitative estimate of drug-likeness (QED) is 0.772. The van der Waals surface area contributed by atoms with Crippen LogP contribution in [0.3, 0.4) is 0 Å². The highest BCUT2D eigenvalue weighted by Crippen LogP contribution is 2.40. The zero-order valence-electron chi connectivity index (χ0n) is 9.90. The summed E-state index contributed by atoms with van der Waals surface area (Å²) in [6.07, 6.45) is 1.77. The Morgan fingerprint density at radius 1 is 1.25 bits per heavy atom. The number of rotatable bonds is 1. The molecule has 0 heterocycles. The molecule has 1 aromatic rings. The summed E-state index contributed by atoms with van der Waals surface area (Å²) in [5.41, 5.74) is 1.50. The Labute approximate surface area is 94.9 Å². The van der Waals surface area contributed by atoms with Crippen molar-refractivity contribution in [3.8, 4) is 0 Å². The average Bonchev–Trinajstić information content (AvgIpc) is 2.25. The van der Waals surface area contributed by atoms with Crippen molar-refractivity contribution in [2.24, 2.45) is 0 Å². The van der Waals surface area contributed by atoms with Gasteiger partial charge < -0.3 is 5.32 Å². The minimum atomic E-state index is -0.263. The number of nitrogens with one attached hydrogen (secondary N) is 1. The summed E-state index contributed by atoms with van der Waals surface area (Å²) in [6.45, 7) is 3.58. The van der Waals surface area contributed by atoms with E-state index in [1.165, 1.54) is 6.07 Å². The minimum absolute atomic E-state index is 0.0550. The van der Waals surface area contributed by atoms with Gasteiger partial charge in [-0.3, -0.25) is 0 Å². The van der Waals surface area contributed by atoms with Gasteiger partial charge >= 0.3 is 0 Å². The van der Waals surface area contributed by atoms with E-state index in [0.717, 1.165) is 12.8 Å². The van der Waals surface area contributed by atoms with Crippen LogP contribution in [0.5, 0.6) is 0 Å². The van der Waals surface area contributed by atoms with Gasteiger partial charge in [0, 0.05) is 11.6 Å². The Kier molecular flexibility index (Phi) is 2.98. The first kappa shape index (κ1) is 11.5. The van der Waals surface area contributed by atoms with Gasteiger partial charge in [0.1, 0.15) is 11.6 Å². The zero-order chi connectivity index (χ0) is 11.9. The molecule has 1 aliphatic rings. The molecule has 2 rings (SSSR count). The Morgan fingerprint density at radius 2 is 1.94 bits per heavy atom. The van der Waals surface area contributed by atoms with E-state index in [9.17, 15) is 8.78 Å². The Hall–Kier alpha value is -0.960. The smallest absolute Gasteiger partial charge is 0.131 e. The number of benzene rings is 1. The van der Waals surface area contributed by atoms with Crippen LogP contribution in [0.25, 0.3) is 0 Å². The van der Waals surface area contributed by atoms with E-state index >= 15 is 0 Å². The predicted molar refractivity (Wildman–Crippen MR) is 60.5 cm³/mol. The van der Waals surface area contributed by atoms with Crippen LogP contribution in [0.4, 0.5) is 8.78 Å². The maximum atomic E-state index is 14.1. The van der Waals surface area contributed by atoms with Crippen molar-refractivity contribution in [1.29, 1.82) is 0 Å². The van der Waals surface area contributed by atoms with Crippen LogP contribution in [0.2, 0.25) is 0 Å². The van der Waals surface area contributed by atoms with Crippen molar-refractivity contribution in [3.63, 3.8) is 0 Å². The standard InChI is InChI=1S/C13H17F2N/c1-7-4-5-10(16-3)12-11(7)9(14)6-8(2)13(12)15/h6-7,10,16H,4-5H2,1-3H3. The molecule has 16 heavy (non-hydrogen) atoms. The first-order chi connectivity index (χ1) is 7.56. The molecular weight excluding hydrogens is 208 g/mol. The zero-order valence-corrected chi connectivity index (χ0v) is 9.90. The lowest BCUT2D eigenvalue weighted by atomic mass is 9.79. The molecule has 1 nitrogen and oxygen atoms in total. The van der Waals surface area contributed by atoms with Crippen molar-refractivity contribution < 1.29 is 8.78 Å². The van der Waals surface area contributed by atoms with E-state index in [0.29, 0.717) is 16.7 Å². The monoisotopic (exact) mass is 225 g/mol. The van der Waals surface area contributed by atoms with Crippen LogP contribution in [-0.4, -0.2) is 7.05 Å². The van der Waals surface area contributed by atoms with Gasteiger partial charge in [0.05, 0.1) is 0 Å². The molecule has 0 aliphatic heterocycles. The third-order valence-corrected chi connectivity index (χ3v) is 3.55. The van der Waals surface area contributed by atoms with E-state index in [-0.39, 0.29) is 23.6 Å². The number of hydrogen-bond acceptors (Lipinski definition) is 1. The maximum absolute atomic E-state index is 14.1. The number of aryl methyl sites for hydroxylation is 1. The Morgan fingerprint density at radius 3 is 2.56 bits per heavy atom. The Bertz CT molecular complexity index is 415. The summed E-state index contributed by atoms with van der Waals surface area (Å²) < 4.78 is 27.9. The SMILES string of the molecule is CNC1CCC(C)c2c(F)cc(C)c(F)c21. The van der Waals surface area contributed by atoms with Gasteiger partial charge in [-0.2, -0.15) is 0 Å². The molecule has 0 spiro atoms. The number of halogens is 2. The Balaban J connectivity index is 2.67. The number of fused-ring (bicyclic) bond motifs is 1. The highest BCUT2D eigenvalue weighted by Gasteiger charge is 2.30. The van der Waals surface area contributed by atoms with Crippen LogP contribution in [-0.2, 0) is 0 Å². The summed E-state index contributed by atoms with van der Waals surface area (Å²) in [5.74, 6) is -0.404. The van der Waals surface area contributed by atoms with E-state index < -0.39 is 0 Å². The van der Waals surface area contributed by atoms with Gasteiger partial charge in [-0.05, 0) is 49.9 Å². The third-order valence-electron chi connectivity index (χ3n) is 3.55. The van der Waals surface area contributed by atoms with Crippen molar-refractivity contribution >= 4 is 0 Å². The fraction of sp³-hybridized carbons (Fsp3) is 0.538. The van der Waals surface area contributed by atoms with Crippen molar-refractivity contribution in [1.82, 2.24) is 5.32 Å². The second-order valence-corrected chi connectivity index (χ2v) is 4.64. The molecule has 0 saturated heterocycles. The van der Waals surface area contributed by atoms with Gasteiger partial charge in [-0.1, -0.05) is 6.92 Å². The summed E-state index contributed by atoms with van der Waals surface area (Å²) in [5, 5.41) is 3.07. The molecule has 2 unspecified atom stereocenters.